The molecule has 0 radical (unpaired) electrons. The highest BCUT2D eigenvalue weighted by Gasteiger charge is 2.27. The van der Waals surface area contributed by atoms with E-state index < -0.39 is 0 Å². The number of hydrogen-bond acceptors (Lipinski definition) is 1. The van der Waals surface area contributed by atoms with Crippen LogP contribution in [0.25, 0.3) is 0 Å². The summed E-state index contributed by atoms with van der Waals surface area (Å²) in [5.41, 5.74) is 3.86. The van der Waals surface area contributed by atoms with Gasteiger partial charge in [0.15, 0.2) is 0 Å². The van der Waals surface area contributed by atoms with Crippen LogP contribution in [0.4, 0.5) is 5.69 Å². The van der Waals surface area contributed by atoms with Crippen LogP contribution in [0.2, 0.25) is 0 Å². The maximum atomic E-state index is 12.8. The van der Waals surface area contributed by atoms with E-state index >= 15 is 0 Å². The third-order valence-corrected chi connectivity index (χ3v) is 6.40. The number of rotatable bonds is 6. The summed E-state index contributed by atoms with van der Waals surface area (Å²) in [7, 11) is 0. The maximum Gasteiger partial charge on any atom is 0.230 e. The third-order valence-electron chi connectivity index (χ3n) is 5.02. The second-order valence-corrected chi connectivity index (χ2v) is 8.21. The van der Waals surface area contributed by atoms with Gasteiger partial charge in [0.2, 0.25) is 5.91 Å². The van der Waals surface area contributed by atoms with E-state index in [0.29, 0.717) is 16.7 Å². The van der Waals surface area contributed by atoms with E-state index in [2.05, 4.69) is 61.8 Å². The molecule has 128 valence electrons. The standard InChI is InChI=1S/C20H30BrNO/c1-5-16(6-2)20(23)22-11-7-8-17-12-15(9-10-19(17)22)13-18(21)14(3)4/h9-10,12,14,16,18H,5-8,11,13H2,1-4H3. The molecule has 23 heavy (non-hydrogen) atoms. The summed E-state index contributed by atoms with van der Waals surface area (Å²) in [5, 5.41) is 0. The van der Waals surface area contributed by atoms with Gasteiger partial charge in [0.1, 0.15) is 0 Å². The first-order valence-electron chi connectivity index (χ1n) is 9.05. The van der Waals surface area contributed by atoms with E-state index in [-0.39, 0.29) is 5.92 Å². The van der Waals surface area contributed by atoms with E-state index in [1.165, 1.54) is 11.1 Å². The van der Waals surface area contributed by atoms with E-state index in [1.807, 2.05) is 4.90 Å². The zero-order valence-electron chi connectivity index (χ0n) is 14.9. The van der Waals surface area contributed by atoms with Crippen LogP contribution < -0.4 is 4.90 Å². The molecule has 1 heterocycles. The normalized spacial score (nSPS) is 15.9. The Morgan fingerprint density at radius 1 is 1.26 bits per heavy atom. The molecule has 2 rings (SSSR count). The topological polar surface area (TPSA) is 20.3 Å². The molecule has 0 N–H and O–H groups in total. The van der Waals surface area contributed by atoms with Crippen LogP contribution in [-0.4, -0.2) is 17.3 Å². The minimum Gasteiger partial charge on any atom is -0.312 e. The number of benzene rings is 1. The number of nitrogens with zero attached hydrogens (tertiary/aromatic N) is 1. The SMILES string of the molecule is CCC(CC)C(=O)N1CCCc2cc(CC(Br)C(C)C)ccc21. The zero-order valence-corrected chi connectivity index (χ0v) is 16.5. The largest absolute Gasteiger partial charge is 0.312 e. The molecule has 3 heteroatoms. The Morgan fingerprint density at radius 3 is 2.57 bits per heavy atom. The number of alkyl halides is 1. The van der Waals surface area contributed by atoms with E-state index in [0.717, 1.165) is 44.3 Å². The number of anilines is 1. The molecule has 0 spiro atoms. The molecular weight excluding hydrogens is 350 g/mol. The fraction of sp³-hybridized carbons (Fsp3) is 0.650. The highest BCUT2D eigenvalue weighted by Crippen LogP contribution is 2.31. The molecule has 1 aromatic carbocycles. The van der Waals surface area contributed by atoms with Crippen molar-refractivity contribution < 1.29 is 4.79 Å². The first-order chi connectivity index (χ1) is 11.0. The molecule has 0 aromatic heterocycles. The molecule has 1 aromatic rings. The molecule has 0 aliphatic carbocycles. The van der Waals surface area contributed by atoms with Crippen LogP contribution in [0.5, 0.6) is 0 Å². The van der Waals surface area contributed by atoms with Crippen molar-refractivity contribution in [1.82, 2.24) is 0 Å². The summed E-state index contributed by atoms with van der Waals surface area (Å²) in [6.45, 7) is 9.58. The molecule has 1 atom stereocenters. The lowest BCUT2D eigenvalue weighted by molar-refractivity contribution is -0.122. The summed E-state index contributed by atoms with van der Waals surface area (Å²) in [4.78, 5) is 15.3. The van der Waals surface area contributed by atoms with Crippen molar-refractivity contribution in [2.24, 2.45) is 11.8 Å². The van der Waals surface area contributed by atoms with Crippen LogP contribution in [0, 0.1) is 11.8 Å². The summed E-state index contributed by atoms with van der Waals surface area (Å²) in [5.74, 6) is 1.09. The van der Waals surface area contributed by atoms with Crippen LogP contribution >= 0.6 is 15.9 Å². The molecule has 0 saturated carbocycles. The predicted octanol–water partition coefficient (Wildman–Crippen LogP) is 5.36. The van der Waals surface area contributed by atoms with Crippen molar-refractivity contribution in [2.75, 3.05) is 11.4 Å². The van der Waals surface area contributed by atoms with Gasteiger partial charge in [-0.1, -0.05) is 55.8 Å². The molecule has 1 aliphatic rings. The Hall–Kier alpha value is -0.830. The van der Waals surface area contributed by atoms with Crippen LogP contribution in [0.1, 0.15) is 58.1 Å². The van der Waals surface area contributed by atoms with Gasteiger partial charge in [-0.2, -0.15) is 0 Å². The Balaban J connectivity index is 2.21. The highest BCUT2D eigenvalue weighted by atomic mass is 79.9. The van der Waals surface area contributed by atoms with Crippen LogP contribution in [0.15, 0.2) is 18.2 Å². The highest BCUT2D eigenvalue weighted by molar-refractivity contribution is 9.09. The van der Waals surface area contributed by atoms with Crippen molar-refractivity contribution >= 4 is 27.5 Å². The number of carbonyl (C=O) groups is 1. The number of halogens is 1. The molecular formula is C20H30BrNO. The number of hydrogen-bond donors (Lipinski definition) is 0. The van der Waals surface area contributed by atoms with E-state index in [1.54, 1.807) is 0 Å². The number of carbonyl (C=O) groups excluding carboxylic acids is 1. The third kappa shape index (κ3) is 4.37. The predicted molar refractivity (Wildman–Crippen MR) is 102 cm³/mol. The molecule has 2 nitrogen and oxygen atoms in total. The van der Waals surface area contributed by atoms with Gasteiger partial charge < -0.3 is 4.90 Å². The summed E-state index contributed by atoms with van der Waals surface area (Å²) >= 11 is 3.78. The second-order valence-electron chi connectivity index (χ2n) is 7.03. The lowest BCUT2D eigenvalue weighted by Gasteiger charge is -2.32. The monoisotopic (exact) mass is 379 g/mol. The first-order valence-corrected chi connectivity index (χ1v) is 9.96. The van der Waals surface area contributed by atoms with Crippen molar-refractivity contribution in [3.63, 3.8) is 0 Å². The fourth-order valence-electron chi connectivity index (χ4n) is 3.33. The van der Waals surface area contributed by atoms with Gasteiger partial charge in [-0.15, -0.1) is 0 Å². The zero-order chi connectivity index (χ0) is 17.0. The quantitative estimate of drug-likeness (QED) is 0.608. The average molecular weight is 380 g/mol. The van der Waals surface area contributed by atoms with Gasteiger partial charge in [-0.3, -0.25) is 4.79 Å². The van der Waals surface area contributed by atoms with Crippen molar-refractivity contribution in [3.8, 4) is 0 Å². The lowest BCUT2D eigenvalue weighted by Crippen LogP contribution is -2.39. The molecule has 1 unspecified atom stereocenters. The minimum absolute atomic E-state index is 0.161. The van der Waals surface area contributed by atoms with E-state index in [9.17, 15) is 4.79 Å². The van der Waals surface area contributed by atoms with Crippen molar-refractivity contribution in [1.29, 1.82) is 0 Å². The van der Waals surface area contributed by atoms with Gasteiger partial charge in [0.05, 0.1) is 0 Å². The lowest BCUT2D eigenvalue weighted by atomic mass is 9.94. The average Bonchev–Trinajstić information content (AvgIpc) is 2.54. The number of amides is 1. The van der Waals surface area contributed by atoms with Crippen molar-refractivity contribution in [3.05, 3.63) is 29.3 Å². The van der Waals surface area contributed by atoms with E-state index in [4.69, 9.17) is 0 Å². The van der Waals surface area contributed by atoms with Gasteiger partial charge in [-0.05, 0) is 55.2 Å². The van der Waals surface area contributed by atoms with Crippen LogP contribution in [-0.2, 0) is 17.6 Å². The smallest absolute Gasteiger partial charge is 0.230 e. The molecule has 0 saturated heterocycles. The number of aryl methyl sites for hydroxylation is 1. The summed E-state index contributed by atoms with van der Waals surface area (Å²) in [6.07, 6.45) is 5.07. The summed E-state index contributed by atoms with van der Waals surface area (Å²) < 4.78 is 0. The second kappa shape index (κ2) is 8.32. The fourth-order valence-corrected chi connectivity index (χ4v) is 3.70. The molecule has 0 bridgehead atoms. The molecule has 1 aliphatic heterocycles. The Kier molecular flexibility index (Phi) is 6.70. The Labute approximate surface area is 149 Å². The van der Waals surface area contributed by atoms with Gasteiger partial charge in [-0.25, -0.2) is 0 Å². The van der Waals surface area contributed by atoms with Gasteiger partial charge >= 0.3 is 0 Å². The summed E-state index contributed by atoms with van der Waals surface area (Å²) in [6, 6.07) is 6.69. The Bertz CT molecular complexity index is 536. The van der Waals surface area contributed by atoms with Crippen LogP contribution in [0.3, 0.4) is 0 Å². The first kappa shape index (κ1) is 18.5. The van der Waals surface area contributed by atoms with Gasteiger partial charge in [0.25, 0.3) is 0 Å². The van der Waals surface area contributed by atoms with Crippen molar-refractivity contribution in [2.45, 2.75) is 64.6 Å². The van der Waals surface area contributed by atoms with Gasteiger partial charge in [0, 0.05) is 23.0 Å². The maximum absolute atomic E-state index is 12.8. The number of fused-ring (bicyclic) bond motifs is 1. The minimum atomic E-state index is 0.161. The Morgan fingerprint density at radius 2 is 1.96 bits per heavy atom. The molecule has 0 fully saturated rings. The molecule has 1 amide bonds.